The van der Waals surface area contributed by atoms with E-state index in [9.17, 15) is 9.90 Å². The number of carbonyl (C=O) groups excluding carboxylic acids is 1. The van der Waals surface area contributed by atoms with E-state index in [-0.39, 0.29) is 24.4 Å². The van der Waals surface area contributed by atoms with Crippen LogP contribution in [0.3, 0.4) is 0 Å². The average molecular weight is 315 g/mol. The van der Waals surface area contributed by atoms with Crippen molar-refractivity contribution in [3.8, 4) is 0 Å². The van der Waals surface area contributed by atoms with Crippen LogP contribution in [0.5, 0.6) is 0 Å². The van der Waals surface area contributed by atoms with Crippen molar-refractivity contribution in [2.75, 3.05) is 6.54 Å². The molecule has 0 spiro atoms. The fraction of sp³-hybridized carbons (Fsp3) is 0.444. The van der Waals surface area contributed by atoms with Crippen molar-refractivity contribution in [3.05, 3.63) is 53.3 Å². The summed E-state index contributed by atoms with van der Waals surface area (Å²) in [7, 11) is 0. The van der Waals surface area contributed by atoms with Gasteiger partial charge in [0.15, 0.2) is 0 Å². The molecule has 0 aliphatic heterocycles. The summed E-state index contributed by atoms with van der Waals surface area (Å²) in [5.74, 6) is -0.168. The number of aliphatic hydroxyl groups is 1. The van der Waals surface area contributed by atoms with Gasteiger partial charge < -0.3 is 10.4 Å². The first kappa shape index (κ1) is 17.2. The van der Waals surface area contributed by atoms with Crippen LogP contribution in [-0.2, 0) is 16.8 Å². The zero-order valence-electron chi connectivity index (χ0n) is 14.2. The van der Waals surface area contributed by atoms with Crippen LogP contribution in [0.15, 0.2) is 36.7 Å². The maximum atomic E-state index is 11.9. The molecule has 23 heavy (non-hydrogen) atoms. The van der Waals surface area contributed by atoms with Crippen molar-refractivity contribution in [3.63, 3.8) is 0 Å². The van der Waals surface area contributed by atoms with Gasteiger partial charge in [-0.25, -0.2) is 0 Å². The Kier molecular flexibility index (Phi) is 5.21. The summed E-state index contributed by atoms with van der Waals surface area (Å²) in [6, 6.07) is 7.86. The van der Waals surface area contributed by atoms with Gasteiger partial charge in [-0.1, -0.05) is 45.0 Å². The summed E-state index contributed by atoms with van der Waals surface area (Å²) in [5.41, 5.74) is 3.11. The van der Waals surface area contributed by atoms with Crippen molar-refractivity contribution in [2.45, 2.75) is 45.8 Å². The molecule has 0 fully saturated rings. The molecule has 5 nitrogen and oxygen atoms in total. The summed E-state index contributed by atoms with van der Waals surface area (Å²) >= 11 is 0. The lowest BCUT2D eigenvalue weighted by Gasteiger charge is -2.20. The van der Waals surface area contributed by atoms with Gasteiger partial charge in [0.05, 0.1) is 12.3 Å². The van der Waals surface area contributed by atoms with E-state index in [1.54, 1.807) is 17.1 Å². The first-order chi connectivity index (χ1) is 10.8. The third kappa shape index (κ3) is 4.93. The predicted octanol–water partition coefficient (Wildman–Crippen LogP) is 2.34. The quantitative estimate of drug-likeness (QED) is 0.890. The number of rotatable bonds is 5. The van der Waals surface area contributed by atoms with Gasteiger partial charge in [0, 0.05) is 12.7 Å². The number of carbonyl (C=O) groups is 1. The first-order valence-corrected chi connectivity index (χ1v) is 7.80. The van der Waals surface area contributed by atoms with Crippen LogP contribution >= 0.6 is 0 Å². The molecule has 0 aliphatic rings. The van der Waals surface area contributed by atoms with E-state index in [1.165, 1.54) is 5.56 Å². The highest BCUT2D eigenvalue weighted by Crippen LogP contribution is 2.23. The third-order valence-electron chi connectivity index (χ3n) is 3.72. The summed E-state index contributed by atoms with van der Waals surface area (Å²) in [6.45, 7) is 8.71. The van der Waals surface area contributed by atoms with E-state index >= 15 is 0 Å². The van der Waals surface area contributed by atoms with E-state index in [4.69, 9.17) is 0 Å². The highest BCUT2D eigenvalue weighted by molar-refractivity contribution is 5.75. The number of nitrogens with zero attached hydrogens (tertiary/aromatic N) is 2. The van der Waals surface area contributed by atoms with Crippen LogP contribution in [0, 0.1) is 6.92 Å². The molecule has 0 saturated carbocycles. The first-order valence-electron chi connectivity index (χ1n) is 7.80. The number of aryl methyl sites for hydroxylation is 1. The second-order valence-corrected chi connectivity index (χ2v) is 6.91. The second-order valence-electron chi connectivity index (χ2n) is 6.91. The SMILES string of the molecule is Cc1cnn(CC(=O)NC[C@@H](O)c2ccc(C(C)(C)C)cc2)c1. The lowest BCUT2D eigenvalue weighted by atomic mass is 9.86. The molecule has 1 aromatic heterocycles. The molecule has 2 N–H and O–H groups in total. The Morgan fingerprint density at radius 2 is 1.96 bits per heavy atom. The largest absolute Gasteiger partial charge is 0.387 e. The molecule has 5 heteroatoms. The van der Waals surface area contributed by atoms with Crippen molar-refractivity contribution >= 4 is 5.91 Å². The summed E-state index contributed by atoms with van der Waals surface area (Å²) in [4.78, 5) is 11.9. The smallest absolute Gasteiger partial charge is 0.241 e. The summed E-state index contributed by atoms with van der Waals surface area (Å²) in [6.07, 6.45) is 2.80. The van der Waals surface area contributed by atoms with E-state index < -0.39 is 6.10 Å². The van der Waals surface area contributed by atoms with Crippen LogP contribution in [0.1, 0.15) is 43.6 Å². The molecule has 1 atom stereocenters. The minimum Gasteiger partial charge on any atom is -0.387 e. The van der Waals surface area contributed by atoms with Gasteiger partial charge >= 0.3 is 0 Å². The van der Waals surface area contributed by atoms with Crippen molar-refractivity contribution < 1.29 is 9.90 Å². The standard InChI is InChI=1S/C18H25N3O2/c1-13-9-20-21(11-13)12-17(23)19-10-16(22)14-5-7-15(8-6-14)18(2,3)4/h5-9,11,16,22H,10,12H2,1-4H3,(H,19,23)/t16-/m1/s1. The number of benzene rings is 1. The van der Waals surface area contributed by atoms with Crippen LogP contribution < -0.4 is 5.32 Å². The Balaban J connectivity index is 1.86. The van der Waals surface area contributed by atoms with E-state index in [0.29, 0.717) is 0 Å². The van der Waals surface area contributed by atoms with Gasteiger partial charge in [-0.2, -0.15) is 5.10 Å². The van der Waals surface area contributed by atoms with Gasteiger partial charge in [0.2, 0.25) is 5.91 Å². The minimum absolute atomic E-state index is 0.0829. The van der Waals surface area contributed by atoms with E-state index in [2.05, 4.69) is 31.2 Å². The van der Waals surface area contributed by atoms with Crippen LogP contribution in [0.25, 0.3) is 0 Å². The van der Waals surface area contributed by atoms with Crippen LogP contribution in [0.2, 0.25) is 0 Å². The number of hydrogen-bond donors (Lipinski definition) is 2. The number of hydrogen-bond acceptors (Lipinski definition) is 3. The van der Waals surface area contributed by atoms with Gasteiger partial charge in [-0.15, -0.1) is 0 Å². The molecule has 0 aliphatic carbocycles. The lowest BCUT2D eigenvalue weighted by molar-refractivity contribution is -0.122. The predicted molar refractivity (Wildman–Crippen MR) is 90.1 cm³/mol. The van der Waals surface area contributed by atoms with Crippen molar-refractivity contribution in [2.24, 2.45) is 0 Å². The fourth-order valence-electron chi connectivity index (χ4n) is 2.29. The Labute approximate surface area is 137 Å². The molecule has 124 valence electrons. The van der Waals surface area contributed by atoms with Gasteiger partial charge in [0.25, 0.3) is 0 Å². The molecule has 0 unspecified atom stereocenters. The highest BCUT2D eigenvalue weighted by atomic mass is 16.3. The molecule has 2 rings (SSSR count). The van der Waals surface area contributed by atoms with Crippen molar-refractivity contribution in [1.29, 1.82) is 0 Å². The van der Waals surface area contributed by atoms with Crippen LogP contribution in [0.4, 0.5) is 0 Å². The highest BCUT2D eigenvalue weighted by Gasteiger charge is 2.15. The third-order valence-corrected chi connectivity index (χ3v) is 3.72. The molecule has 1 heterocycles. The molecule has 0 bridgehead atoms. The molecule has 1 amide bonds. The molecule has 1 aromatic carbocycles. The average Bonchev–Trinajstić information content (AvgIpc) is 2.89. The summed E-state index contributed by atoms with van der Waals surface area (Å²) < 4.78 is 1.58. The summed E-state index contributed by atoms with van der Waals surface area (Å²) in [5, 5.41) is 17.0. The van der Waals surface area contributed by atoms with Gasteiger partial charge in [0.1, 0.15) is 6.54 Å². The second kappa shape index (κ2) is 6.96. The lowest BCUT2D eigenvalue weighted by Crippen LogP contribution is -2.31. The number of nitrogens with one attached hydrogen (secondary N) is 1. The van der Waals surface area contributed by atoms with Gasteiger partial charge in [-0.05, 0) is 29.0 Å². The molecule has 2 aromatic rings. The van der Waals surface area contributed by atoms with Gasteiger partial charge in [-0.3, -0.25) is 9.48 Å². The number of aliphatic hydroxyl groups excluding tert-OH is 1. The molecule has 0 saturated heterocycles. The van der Waals surface area contributed by atoms with Crippen molar-refractivity contribution in [1.82, 2.24) is 15.1 Å². The maximum absolute atomic E-state index is 11.9. The normalized spacial score (nSPS) is 12.9. The molecular weight excluding hydrogens is 290 g/mol. The van der Waals surface area contributed by atoms with E-state index in [1.807, 2.05) is 31.2 Å². The minimum atomic E-state index is -0.715. The Morgan fingerprint density at radius 1 is 1.30 bits per heavy atom. The Morgan fingerprint density at radius 3 is 2.48 bits per heavy atom. The zero-order chi connectivity index (χ0) is 17.0. The number of amides is 1. The van der Waals surface area contributed by atoms with E-state index in [0.717, 1.165) is 11.1 Å². The van der Waals surface area contributed by atoms with Crippen LogP contribution in [-0.4, -0.2) is 27.3 Å². The fourth-order valence-corrected chi connectivity index (χ4v) is 2.29. The zero-order valence-corrected chi connectivity index (χ0v) is 14.2. The monoisotopic (exact) mass is 315 g/mol. The Bertz CT molecular complexity index is 654. The Hall–Kier alpha value is -2.14. The maximum Gasteiger partial charge on any atom is 0.241 e. The number of aromatic nitrogens is 2. The molecular formula is C18H25N3O2. The molecule has 0 radical (unpaired) electrons. The topological polar surface area (TPSA) is 67.2 Å².